The Hall–Kier alpha value is -2.39. The van der Waals surface area contributed by atoms with Crippen LogP contribution in [0.2, 0.25) is 0 Å². The number of carbonyl (C=O) groups excluding carboxylic acids is 1. The summed E-state index contributed by atoms with van der Waals surface area (Å²) in [4.78, 5) is 16.6. The van der Waals surface area contributed by atoms with Crippen molar-refractivity contribution in [2.45, 2.75) is 25.5 Å². The second-order valence-electron chi connectivity index (χ2n) is 6.90. The molecule has 158 valence electrons. The largest absolute Gasteiger partial charge is 0.468 e. The summed E-state index contributed by atoms with van der Waals surface area (Å²) in [5.74, 6) is -3.49. The molecule has 0 bridgehead atoms. The molecule has 1 aromatic carbocycles. The number of hydrogen-bond donors (Lipinski definition) is 0. The monoisotopic (exact) mass is 414 g/mol. The van der Waals surface area contributed by atoms with Crippen molar-refractivity contribution in [3.05, 3.63) is 59.5 Å². The van der Waals surface area contributed by atoms with E-state index in [4.69, 9.17) is 9.15 Å². The van der Waals surface area contributed by atoms with E-state index in [9.17, 15) is 22.4 Å². The van der Waals surface area contributed by atoms with Gasteiger partial charge in [0, 0.05) is 31.7 Å². The van der Waals surface area contributed by atoms with Crippen molar-refractivity contribution in [1.29, 1.82) is 0 Å². The first-order chi connectivity index (χ1) is 13.8. The van der Waals surface area contributed by atoms with Crippen LogP contribution in [0.4, 0.5) is 17.6 Å². The average Bonchev–Trinajstić information content (AvgIpc) is 3.21. The van der Waals surface area contributed by atoms with Crippen molar-refractivity contribution < 1.29 is 31.5 Å². The van der Waals surface area contributed by atoms with E-state index in [1.54, 1.807) is 29.4 Å². The van der Waals surface area contributed by atoms with Crippen LogP contribution in [-0.2, 0) is 17.9 Å². The Morgan fingerprint density at radius 1 is 1.14 bits per heavy atom. The van der Waals surface area contributed by atoms with Gasteiger partial charge in [-0.1, -0.05) is 12.1 Å². The first-order valence-electron chi connectivity index (χ1n) is 9.22. The molecule has 0 unspecified atom stereocenters. The molecule has 1 aliphatic heterocycles. The number of piperazine rings is 1. The van der Waals surface area contributed by atoms with E-state index in [2.05, 4.69) is 4.90 Å². The number of amides is 1. The molecule has 0 aliphatic carbocycles. The second kappa shape index (κ2) is 9.41. The third-order valence-electron chi connectivity index (χ3n) is 4.68. The van der Waals surface area contributed by atoms with Crippen LogP contribution < -0.4 is 0 Å². The summed E-state index contributed by atoms with van der Waals surface area (Å²) in [7, 11) is 0. The molecule has 1 aliphatic rings. The summed E-state index contributed by atoms with van der Waals surface area (Å²) in [5, 5.41) is 0. The third kappa shape index (κ3) is 5.80. The van der Waals surface area contributed by atoms with Crippen molar-refractivity contribution in [3.63, 3.8) is 0 Å². The molecule has 2 aromatic rings. The van der Waals surface area contributed by atoms with E-state index in [1.807, 2.05) is 12.1 Å². The van der Waals surface area contributed by atoms with E-state index >= 15 is 0 Å². The van der Waals surface area contributed by atoms with E-state index in [0.717, 1.165) is 5.76 Å². The number of ether oxygens (including phenoxy) is 1. The summed E-state index contributed by atoms with van der Waals surface area (Å²) < 4.78 is 60.2. The Kier molecular flexibility index (Phi) is 6.92. The minimum Gasteiger partial charge on any atom is -0.468 e. The normalized spacial score (nSPS) is 15.8. The lowest BCUT2D eigenvalue weighted by atomic mass is 10.1. The molecule has 2 heterocycles. The van der Waals surface area contributed by atoms with Gasteiger partial charge in [0.25, 0.3) is 5.91 Å². The van der Waals surface area contributed by atoms with Gasteiger partial charge in [0.1, 0.15) is 12.4 Å². The molecule has 1 saturated heterocycles. The number of carbonyl (C=O) groups is 1. The predicted octanol–water partition coefficient (Wildman–Crippen LogP) is 3.65. The van der Waals surface area contributed by atoms with Crippen LogP contribution in [0.3, 0.4) is 0 Å². The molecule has 0 radical (unpaired) electrons. The molecule has 0 saturated carbocycles. The van der Waals surface area contributed by atoms with E-state index < -0.39 is 19.0 Å². The maximum atomic E-state index is 12.9. The van der Waals surface area contributed by atoms with Crippen molar-refractivity contribution >= 4 is 5.91 Å². The Morgan fingerprint density at radius 3 is 2.55 bits per heavy atom. The Morgan fingerprint density at radius 2 is 1.90 bits per heavy atom. The molecule has 9 heteroatoms. The van der Waals surface area contributed by atoms with Gasteiger partial charge in [0.15, 0.2) is 0 Å². The standard InChI is InChI=1S/C20H22F4N2O3/c21-19(22)20(23,24)14-28-13-15-3-1-4-16(11-15)18(27)26-8-6-25(7-9-26)12-17-5-2-10-29-17/h1-5,10-11,19H,6-9,12-14H2. The number of furan rings is 1. The van der Waals surface area contributed by atoms with Crippen LogP contribution in [0.25, 0.3) is 0 Å². The van der Waals surface area contributed by atoms with Gasteiger partial charge in [0.2, 0.25) is 0 Å². The van der Waals surface area contributed by atoms with Crippen molar-refractivity contribution in [2.75, 3.05) is 32.8 Å². The summed E-state index contributed by atoms with van der Waals surface area (Å²) in [6, 6.07) is 10.1. The fourth-order valence-electron chi connectivity index (χ4n) is 3.08. The molecule has 1 aromatic heterocycles. The van der Waals surface area contributed by atoms with Gasteiger partial charge < -0.3 is 14.1 Å². The van der Waals surface area contributed by atoms with E-state index in [-0.39, 0.29) is 12.5 Å². The highest BCUT2D eigenvalue weighted by atomic mass is 19.3. The number of halogens is 4. The zero-order chi connectivity index (χ0) is 20.9. The summed E-state index contributed by atoms with van der Waals surface area (Å²) in [6.45, 7) is 1.56. The minimum absolute atomic E-state index is 0.164. The van der Waals surface area contributed by atoms with Crippen LogP contribution in [0.1, 0.15) is 21.7 Å². The highest BCUT2D eigenvalue weighted by Crippen LogP contribution is 2.23. The van der Waals surface area contributed by atoms with Gasteiger partial charge in [-0.2, -0.15) is 8.78 Å². The molecule has 0 N–H and O–H groups in total. The highest BCUT2D eigenvalue weighted by Gasteiger charge is 2.40. The molecular weight excluding hydrogens is 392 g/mol. The van der Waals surface area contributed by atoms with Gasteiger partial charge in [-0.3, -0.25) is 9.69 Å². The van der Waals surface area contributed by atoms with Crippen molar-refractivity contribution in [3.8, 4) is 0 Å². The number of benzene rings is 1. The van der Waals surface area contributed by atoms with Crippen LogP contribution in [0.5, 0.6) is 0 Å². The lowest BCUT2D eigenvalue weighted by Gasteiger charge is -2.34. The molecule has 0 atom stereocenters. The summed E-state index contributed by atoms with van der Waals surface area (Å²) in [6.07, 6.45) is -2.15. The molecule has 29 heavy (non-hydrogen) atoms. The fourth-order valence-corrected chi connectivity index (χ4v) is 3.08. The molecule has 3 rings (SSSR count). The maximum absolute atomic E-state index is 12.9. The van der Waals surface area contributed by atoms with Gasteiger partial charge in [-0.25, -0.2) is 8.78 Å². The maximum Gasteiger partial charge on any atom is 0.330 e. The van der Waals surface area contributed by atoms with Crippen LogP contribution in [0, 0.1) is 0 Å². The first-order valence-corrected chi connectivity index (χ1v) is 9.22. The summed E-state index contributed by atoms with van der Waals surface area (Å²) in [5.41, 5.74) is 0.878. The Labute approximate surface area is 165 Å². The average molecular weight is 414 g/mol. The zero-order valence-electron chi connectivity index (χ0n) is 15.7. The molecule has 5 nitrogen and oxygen atoms in total. The van der Waals surface area contributed by atoms with Crippen LogP contribution in [-0.4, -0.2) is 60.8 Å². The highest BCUT2D eigenvalue weighted by molar-refractivity contribution is 5.94. The lowest BCUT2D eigenvalue weighted by molar-refractivity contribution is -0.168. The molecule has 0 spiro atoms. The Balaban J connectivity index is 1.50. The zero-order valence-corrected chi connectivity index (χ0v) is 15.7. The van der Waals surface area contributed by atoms with E-state index in [0.29, 0.717) is 43.9 Å². The Bertz CT molecular complexity index is 791. The smallest absolute Gasteiger partial charge is 0.330 e. The molecular formula is C20H22F4N2O3. The lowest BCUT2D eigenvalue weighted by Crippen LogP contribution is -2.48. The molecule has 1 amide bonds. The fraction of sp³-hybridized carbons (Fsp3) is 0.450. The van der Waals surface area contributed by atoms with Gasteiger partial charge in [-0.15, -0.1) is 0 Å². The summed E-state index contributed by atoms with van der Waals surface area (Å²) >= 11 is 0. The predicted molar refractivity (Wildman–Crippen MR) is 96.9 cm³/mol. The number of rotatable bonds is 8. The van der Waals surface area contributed by atoms with E-state index in [1.165, 1.54) is 6.07 Å². The molecule has 1 fully saturated rings. The number of hydrogen-bond acceptors (Lipinski definition) is 4. The van der Waals surface area contributed by atoms with Gasteiger partial charge in [-0.05, 0) is 29.8 Å². The quantitative estimate of drug-likeness (QED) is 0.619. The topological polar surface area (TPSA) is 45.9 Å². The number of alkyl halides is 4. The van der Waals surface area contributed by atoms with Crippen LogP contribution >= 0.6 is 0 Å². The van der Waals surface area contributed by atoms with Crippen LogP contribution in [0.15, 0.2) is 47.1 Å². The van der Waals surface area contributed by atoms with Gasteiger partial charge >= 0.3 is 12.3 Å². The van der Waals surface area contributed by atoms with Gasteiger partial charge in [0.05, 0.1) is 19.4 Å². The second-order valence-corrected chi connectivity index (χ2v) is 6.90. The van der Waals surface area contributed by atoms with Crippen molar-refractivity contribution in [1.82, 2.24) is 9.80 Å². The minimum atomic E-state index is -4.19. The van der Waals surface area contributed by atoms with Crippen molar-refractivity contribution in [2.24, 2.45) is 0 Å². The third-order valence-corrected chi connectivity index (χ3v) is 4.68. The number of nitrogens with zero attached hydrogens (tertiary/aromatic N) is 2. The first kappa shape index (κ1) is 21.3. The SMILES string of the molecule is O=C(c1cccc(COCC(F)(F)C(F)F)c1)N1CCN(Cc2ccco2)CC1.